The summed E-state index contributed by atoms with van der Waals surface area (Å²) in [5, 5.41) is 3.62. The molecule has 0 radical (unpaired) electrons. The quantitative estimate of drug-likeness (QED) is 0.565. The van der Waals surface area contributed by atoms with Crippen molar-refractivity contribution >= 4 is 11.1 Å². The lowest BCUT2D eigenvalue weighted by molar-refractivity contribution is -0.136. The summed E-state index contributed by atoms with van der Waals surface area (Å²) in [6, 6.07) is 6.92. The second kappa shape index (κ2) is 8.37. The third-order valence-electron chi connectivity index (χ3n) is 5.83. The summed E-state index contributed by atoms with van der Waals surface area (Å²) in [4.78, 5) is 6.63. The fraction of sp³-hybridized carbons (Fsp3) is 0.455. The number of pyridine rings is 1. The van der Waals surface area contributed by atoms with Crippen LogP contribution in [0.25, 0.3) is 11.1 Å². The van der Waals surface area contributed by atoms with E-state index in [2.05, 4.69) is 15.0 Å². The zero-order valence-electron chi connectivity index (χ0n) is 17.6. The number of hydrogen-bond acceptors (Lipinski definition) is 6. The maximum absolute atomic E-state index is 13.6. The lowest BCUT2D eigenvalue weighted by atomic mass is 9.91. The van der Waals surface area contributed by atoms with Crippen LogP contribution in [0.4, 0.5) is 13.2 Å². The molecule has 1 saturated heterocycles. The number of likely N-dealkylation sites (tertiary alicyclic amines) is 1. The van der Waals surface area contributed by atoms with Gasteiger partial charge in [-0.2, -0.15) is 13.2 Å². The molecule has 1 aliphatic heterocycles. The van der Waals surface area contributed by atoms with E-state index in [4.69, 9.17) is 14.0 Å². The van der Waals surface area contributed by atoms with E-state index < -0.39 is 11.7 Å². The van der Waals surface area contributed by atoms with Gasteiger partial charge in [-0.15, -0.1) is 0 Å². The Bertz CT molecular complexity index is 1070. The van der Waals surface area contributed by atoms with Gasteiger partial charge in [0.15, 0.2) is 11.5 Å². The highest BCUT2D eigenvalue weighted by molar-refractivity contribution is 5.80. The summed E-state index contributed by atoms with van der Waals surface area (Å²) in [6.07, 6.45) is -3.08. The molecule has 4 rings (SSSR count). The van der Waals surface area contributed by atoms with Gasteiger partial charge in [0, 0.05) is 23.7 Å². The van der Waals surface area contributed by atoms with Crippen LogP contribution >= 0.6 is 0 Å². The number of piperidine rings is 1. The Hall–Kier alpha value is -2.81. The number of halogens is 3. The van der Waals surface area contributed by atoms with E-state index in [0.717, 1.165) is 24.7 Å². The van der Waals surface area contributed by atoms with Crippen molar-refractivity contribution in [1.82, 2.24) is 15.0 Å². The number of para-hydroxylation sites is 1. The summed E-state index contributed by atoms with van der Waals surface area (Å²) in [5.74, 6) is 1.31. The Kier molecular flexibility index (Phi) is 5.79. The van der Waals surface area contributed by atoms with E-state index in [1.165, 1.54) is 6.92 Å². The smallest absolute Gasteiger partial charge is 0.417 e. The summed E-state index contributed by atoms with van der Waals surface area (Å²) in [6.45, 7) is 3.64. The average Bonchev–Trinajstić information content (AvgIpc) is 3.13. The molecule has 0 saturated carbocycles. The van der Waals surface area contributed by atoms with Crippen LogP contribution in [-0.2, 0) is 12.7 Å². The van der Waals surface area contributed by atoms with Crippen molar-refractivity contribution in [2.45, 2.75) is 38.4 Å². The minimum Gasteiger partial charge on any atom is -0.493 e. The van der Waals surface area contributed by atoms with Gasteiger partial charge in [-0.1, -0.05) is 17.3 Å². The lowest BCUT2D eigenvalue weighted by Gasteiger charge is -2.32. The first-order valence-electron chi connectivity index (χ1n) is 10.1. The van der Waals surface area contributed by atoms with Gasteiger partial charge in [-0.05, 0) is 45.0 Å². The number of alkyl halides is 3. The first kappa shape index (κ1) is 21.4. The first-order chi connectivity index (χ1) is 14.8. The summed E-state index contributed by atoms with van der Waals surface area (Å²) in [7, 11) is 3.21. The number of nitrogens with zero attached hydrogens (tertiary/aromatic N) is 3. The highest BCUT2D eigenvalue weighted by Crippen LogP contribution is 2.39. The molecule has 6 nitrogen and oxygen atoms in total. The number of aromatic nitrogens is 2. The van der Waals surface area contributed by atoms with Crippen molar-refractivity contribution in [2.75, 3.05) is 27.3 Å². The van der Waals surface area contributed by atoms with E-state index in [1.807, 2.05) is 18.2 Å². The second-order valence-corrected chi connectivity index (χ2v) is 7.74. The second-order valence-electron chi connectivity index (χ2n) is 7.74. The van der Waals surface area contributed by atoms with Crippen LogP contribution in [-0.4, -0.2) is 42.3 Å². The lowest BCUT2D eigenvalue weighted by Crippen LogP contribution is -2.33. The zero-order valence-corrected chi connectivity index (χ0v) is 17.6. The van der Waals surface area contributed by atoms with Gasteiger partial charge in [0.25, 0.3) is 5.71 Å². The van der Waals surface area contributed by atoms with Crippen molar-refractivity contribution in [3.63, 3.8) is 0 Å². The molecule has 0 aliphatic carbocycles. The minimum atomic E-state index is -4.49. The number of rotatable bonds is 5. The third kappa shape index (κ3) is 4.19. The first-order valence-corrected chi connectivity index (χ1v) is 10.1. The Balaban J connectivity index is 1.52. The van der Waals surface area contributed by atoms with Crippen LogP contribution in [0, 0.1) is 6.92 Å². The molecule has 9 heteroatoms. The van der Waals surface area contributed by atoms with E-state index in [1.54, 1.807) is 14.2 Å². The molecule has 0 spiro atoms. The highest BCUT2D eigenvalue weighted by atomic mass is 19.4. The molecule has 1 aliphatic rings. The van der Waals surface area contributed by atoms with E-state index in [-0.39, 0.29) is 22.7 Å². The van der Waals surface area contributed by atoms with Gasteiger partial charge in [-0.3, -0.25) is 4.90 Å². The van der Waals surface area contributed by atoms with Crippen molar-refractivity contribution < 1.29 is 27.2 Å². The monoisotopic (exact) mass is 435 g/mol. The molecule has 0 bridgehead atoms. The molecule has 1 fully saturated rings. The molecule has 0 amide bonds. The standard InChI is InChI=1S/C22H24F3N3O3/c1-13-19-16(22(23,24)25)11-17(26-21(19)31-27-13)14-7-9-28(10-8-14)12-15-5-4-6-18(29-2)20(15)30-3/h4-6,11,14H,7-10,12H2,1-3H3. The van der Waals surface area contributed by atoms with Gasteiger partial charge in [0.2, 0.25) is 0 Å². The normalized spacial score (nSPS) is 16.1. The fourth-order valence-electron chi connectivity index (χ4n) is 4.25. The Labute approximate surface area is 177 Å². The summed E-state index contributed by atoms with van der Waals surface area (Å²) < 4.78 is 56.8. The largest absolute Gasteiger partial charge is 0.493 e. The van der Waals surface area contributed by atoms with Crippen molar-refractivity contribution in [3.8, 4) is 11.5 Å². The van der Waals surface area contributed by atoms with Gasteiger partial charge < -0.3 is 14.0 Å². The molecule has 166 valence electrons. The third-order valence-corrected chi connectivity index (χ3v) is 5.83. The van der Waals surface area contributed by atoms with Crippen LogP contribution in [0.5, 0.6) is 11.5 Å². The van der Waals surface area contributed by atoms with Crippen molar-refractivity contribution in [1.29, 1.82) is 0 Å². The van der Waals surface area contributed by atoms with Crippen LogP contribution in [0.2, 0.25) is 0 Å². The molecule has 0 unspecified atom stereocenters. The molecule has 1 aromatic carbocycles. The summed E-state index contributed by atoms with van der Waals surface area (Å²) >= 11 is 0. The predicted molar refractivity (Wildman–Crippen MR) is 108 cm³/mol. The predicted octanol–water partition coefficient (Wildman–Crippen LogP) is 4.95. The number of benzene rings is 1. The molecule has 0 N–H and O–H groups in total. The van der Waals surface area contributed by atoms with Crippen LogP contribution < -0.4 is 9.47 Å². The highest BCUT2D eigenvalue weighted by Gasteiger charge is 2.36. The Morgan fingerprint density at radius 3 is 2.55 bits per heavy atom. The molecule has 0 atom stereocenters. The van der Waals surface area contributed by atoms with Crippen molar-refractivity contribution in [2.24, 2.45) is 0 Å². The van der Waals surface area contributed by atoms with Gasteiger partial charge in [-0.25, -0.2) is 4.98 Å². The van der Waals surface area contributed by atoms with Crippen LogP contribution in [0.15, 0.2) is 28.8 Å². The molecule has 3 aromatic rings. The average molecular weight is 435 g/mol. The number of fused-ring (bicyclic) bond motifs is 1. The van der Waals surface area contributed by atoms with Gasteiger partial charge >= 0.3 is 6.18 Å². The number of hydrogen-bond donors (Lipinski definition) is 0. The molecule has 2 aromatic heterocycles. The summed E-state index contributed by atoms with van der Waals surface area (Å²) in [5.41, 5.74) is 0.843. The maximum atomic E-state index is 13.6. The molecule has 31 heavy (non-hydrogen) atoms. The topological polar surface area (TPSA) is 60.6 Å². The maximum Gasteiger partial charge on any atom is 0.417 e. The Morgan fingerprint density at radius 1 is 1.16 bits per heavy atom. The SMILES string of the molecule is COc1cccc(CN2CCC(c3cc(C(F)(F)F)c4c(C)noc4n3)CC2)c1OC. The Morgan fingerprint density at radius 2 is 1.90 bits per heavy atom. The van der Waals surface area contributed by atoms with Crippen molar-refractivity contribution in [3.05, 3.63) is 46.8 Å². The number of aryl methyl sites for hydroxylation is 1. The minimum absolute atomic E-state index is 0.0501. The van der Waals surface area contributed by atoms with Gasteiger partial charge in [0.1, 0.15) is 0 Å². The van der Waals surface area contributed by atoms with Gasteiger partial charge in [0.05, 0.1) is 30.9 Å². The van der Waals surface area contributed by atoms with E-state index >= 15 is 0 Å². The molecule has 3 heterocycles. The van der Waals surface area contributed by atoms with E-state index in [0.29, 0.717) is 36.6 Å². The van der Waals surface area contributed by atoms with E-state index in [9.17, 15) is 13.2 Å². The number of methoxy groups -OCH3 is 2. The molecular weight excluding hydrogens is 411 g/mol. The van der Waals surface area contributed by atoms with Crippen LogP contribution in [0.3, 0.4) is 0 Å². The fourth-order valence-corrected chi connectivity index (χ4v) is 4.25. The van der Waals surface area contributed by atoms with Crippen LogP contribution in [0.1, 0.15) is 41.3 Å². The number of ether oxygens (including phenoxy) is 2. The zero-order chi connectivity index (χ0) is 22.2. The molecular formula is C22H24F3N3O3.